The zero-order valence-electron chi connectivity index (χ0n) is 13.0. The van der Waals surface area contributed by atoms with E-state index in [4.69, 9.17) is 5.11 Å². The number of nitrogens with one attached hydrogen (secondary N) is 1. The van der Waals surface area contributed by atoms with Crippen molar-refractivity contribution in [2.45, 2.75) is 46.6 Å². The minimum Gasteiger partial charge on any atom is -0.478 e. The maximum atomic E-state index is 12.5. The molecule has 0 radical (unpaired) electrons. The quantitative estimate of drug-likeness (QED) is 0.795. The first-order valence-corrected chi connectivity index (χ1v) is 8.17. The average molecular weight is 312 g/mol. The normalized spacial score (nSPS) is 11.0. The first-order chi connectivity index (χ1) is 9.90. The second kappa shape index (κ2) is 8.02. The van der Waals surface area contributed by atoms with Crippen molar-refractivity contribution in [1.29, 1.82) is 0 Å². The van der Waals surface area contributed by atoms with E-state index in [1.807, 2.05) is 4.90 Å². The molecule has 0 aromatic carbocycles. The van der Waals surface area contributed by atoms with E-state index in [-0.39, 0.29) is 17.6 Å². The summed E-state index contributed by atoms with van der Waals surface area (Å²) in [7, 11) is 0. The highest BCUT2D eigenvalue weighted by molar-refractivity contribution is 7.14. The van der Waals surface area contributed by atoms with Crippen molar-refractivity contribution in [3.8, 4) is 0 Å². The molecule has 0 bridgehead atoms. The van der Waals surface area contributed by atoms with E-state index in [0.29, 0.717) is 17.5 Å². The average Bonchev–Trinajstić information content (AvgIpc) is 2.86. The summed E-state index contributed by atoms with van der Waals surface area (Å²) in [4.78, 5) is 25.4. The van der Waals surface area contributed by atoms with Crippen LogP contribution in [0.4, 0.5) is 9.80 Å². The Morgan fingerprint density at radius 2 is 1.95 bits per heavy atom. The van der Waals surface area contributed by atoms with Crippen LogP contribution in [-0.4, -0.2) is 34.6 Å². The molecule has 0 fully saturated rings. The number of thiophene rings is 1. The van der Waals surface area contributed by atoms with Crippen LogP contribution in [0.3, 0.4) is 0 Å². The lowest BCUT2D eigenvalue weighted by Crippen LogP contribution is -2.44. The molecule has 2 amide bonds. The van der Waals surface area contributed by atoms with Crippen LogP contribution < -0.4 is 5.32 Å². The van der Waals surface area contributed by atoms with Gasteiger partial charge in [0.25, 0.3) is 0 Å². The van der Waals surface area contributed by atoms with Gasteiger partial charge in [-0.3, -0.25) is 5.32 Å². The van der Waals surface area contributed by atoms with Gasteiger partial charge in [0.15, 0.2) is 0 Å². The molecule has 1 heterocycles. The third-order valence-corrected chi connectivity index (χ3v) is 4.15. The molecule has 6 heteroatoms. The molecule has 0 unspecified atom stereocenters. The molecule has 0 spiro atoms. The first-order valence-electron chi connectivity index (χ1n) is 7.29. The maximum Gasteiger partial charge on any atom is 0.338 e. The van der Waals surface area contributed by atoms with Gasteiger partial charge in [0, 0.05) is 12.6 Å². The number of hydrogen-bond acceptors (Lipinski definition) is 3. The minimum atomic E-state index is -1.02. The Hall–Kier alpha value is -1.56. The summed E-state index contributed by atoms with van der Waals surface area (Å²) in [5, 5.41) is 13.9. The Morgan fingerprint density at radius 3 is 2.43 bits per heavy atom. The van der Waals surface area contributed by atoms with E-state index in [9.17, 15) is 9.59 Å². The highest BCUT2D eigenvalue weighted by atomic mass is 32.1. The molecular formula is C15H24N2O3S. The van der Waals surface area contributed by atoms with E-state index >= 15 is 0 Å². The fraction of sp³-hybridized carbons (Fsp3) is 0.600. The van der Waals surface area contributed by atoms with Crippen LogP contribution in [0.5, 0.6) is 0 Å². The van der Waals surface area contributed by atoms with Crippen LogP contribution in [-0.2, 0) is 0 Å². The summed E-state index contributed by atoms with van der Waals surface area (Å²) in [5.74, 6) is -0.664. The molecule has 1 aromatic rings. The number of anilines is 1. The largest absolute Gasteiger partial charge is 0.478 e. The molecule has 21 heavy (non-hydrogen) atoms. The van der Waals surface area contributed by atoms with E-state index in [0.717, 1.165) is 12.8 Å². The van der Waals surface area contributed by atoms with Crippen LogP contribution in [0, 0.1) is 5.92 Å². The fourth-order valence-corrected chi connectivity index (χ4v) is 3.03. The van der Waals surface area contributed by atoms with E-state index in [1.54, 1.807) is 5.38 Å². The zero-order chi connectivity index (χ0) is 16.0. The summed E-state index contributed by atoms with van der Waals surface area (Å²) >= 11 is 1.23. The van der Waals surface area contributed by atoms with Gasteiger partial charge in [0.2, 0.25) is 0 Å². The molecule has 1 aromatic heterocycles. The second-order valence-electron chi connectivity index (χ2n) is 5.42. The molecule has 0 aliphatic rings. The number of rotatable bonds is 7. The van der Waals surface area contributed by atoms with Gasteiger partial charge in [-0.05, 0) is 30.2 Å². The van der Waals surface area contributed by atoms with E-state index in [2.05, 4.69) is 33.0 Å². The van der Waals surface area contributed by atoms with Crippen molar-refractivity contribution in [2.24, 2.45) is 5.92 Å². The summed E-state index contributed by atoms with van der Waals surface area (Å²) in [6.07, 6.45) is 1.76. The highest BCUT2D eigenvalue weighted by Crippen LogP contribution is 2.24. The molecule has 118 valence electrons. The molecule has 1 rings (SSSR count). The van der Waals surface area contributed by atoms with Crippen LogP contribution in [0.2, 0.25) is 0 Å². The smallest absolute Gasteiger partial charge is 0.338 e. The second-order valence-corrected chi connectivity index (χ2v) is 6.33. The Bertz CT molecular complexity index is 481. The number of carboxylic acid groups (broad SMARTS) is 1. The number of aromatic carboxylic acids is 1. The first kappa shape index (κ1) is 17.5. The molecule has 0 aliphatic heterocycles. The van der Waals surface area contributed by atoms with Crippen molar-refractivity contribution >= 4 is 28.3 Å². The fourth-order valence-electron chi connectivity index (χ4n) is 2.26. The Balaban J connectivity index is 2.90. The lowest BCUT2D eigenvalue weighted by molar-refractivity contribution is 0.0698. The molecule has 0 saturated carbocycles. The minimum absolute atomic E-state index is 0.141. The van der Waals surface area contributed by atoms with Gasteiger partial charge in [-0.25, -0.2) is 9.59 Å². The van der Waals surface area contributed by atoms with Crippen molar-refractivity contribution in [1.82, 2.24) is 4.90 Å². The maximum absolute atomic E-state index is 12.5. The number of carboxylic acids is 1. The Morgan fingerprint density at radius 1 is 1.33 bits per heavy atom. The van der Waals surface area contributed by atoms with Crippen molar-refractivity contribution in [3.05, 3.63) is 17.0 Å². The molecule has 0 saturated heterocycles. The summed E-state index contributed by atoms with van der Waals surface area (Å²) < 4.78 is 0. The number of nitrogens with zero attached hydrogens (tertiary/aromatic N) is 1. The summed E-state index contributed by atoms with van der Waals surface area (Å²) in [6, 6.07) is 1.45. The SMILES string of the molecule is CCC(CC)N(CC(C)C)C(=O)Nc1sccc1C(=O)O. The van der Waals surface area contributed by atoms with Gasteiger partial charge in [0.05, 0.1) is 5.56 Å². The molecule has 2 N–H and O–H groups in total. The number of carbonyl (C=O) groups is 2. The predicted molar refractivity (Wildman–Crippen MR) is 86.2 cm³/mol. The van der Waals surface area contributed by atoms with Gasteiger partial charge in [-0.2, -0.15) is 0 Å². The molecule has 5 nitrogen and oxygen atoms in total. The van der Waals surface area contributed by atoms with Crippen molar-refractivity contribution in [2.75, 3.05) is 11.9 Å². The van der Waals surface area contributed by atoms with Crippen molar-refractivity contribution < 1.29 is 14.7 Å². The van der Waals surface area contributed by atoms with Crippen LogP contribution in [0.15, 0.2) is 11.4 Å². The van der Waals surface area contributed by atoms with Crippen LogP contribution in [0.25, 0.3) is 0 Å². The van der Waals surface area contributed by atoms with Gasteiger partial charge in [-0.1, -0.05) is 27.7 Å². The third kappa shape index (κ3) is 4.74. The Kier molecular flexibility index (Phi) is 6.68. The van der Waals surface area contributed by atoms with Crippen molar-refractivity contribution in [3.63, 3.8) is 0 Å². The molecular weight excluding hydrogens is 288 g/mol. The Labute approximate surface area is 130 Å². The number of urea groups is 1. The standard InChI is InChI=1S/C15H24N2O3S/c1-5-11(6-2)17(9-10(3)4)15(20)16-13-12(14(18)19)7-8-21-13/h7-8,10-11H,5-6,9H2,1-4H3,(H,16,20)(H,18,19). The van der Waals surface area contributed by atoms with Gasteiger partial charge in [0.1, 0.15) is 5.00 Å². The highest BCUT2D eigenvalue weighted by Gasteiger charge is 2.23. The summed E-state index contributed by atoms with van der Waals surface area (Å²) in [5.41, 5.74) is 0.141. The van der Waals surface area contributed by atoms with Gasteiger partial charge in [-0.15, -0.1) is 11.3 Å². The predicted octanol–water partition coefficient (Wildman–Crippen LogP) is 4.12. The van der Waals surface area contributed by atoms with E-state index in [1.165, 1.54) is 17.4 Å². The van der Waals surface area contributed by atoms with Gasteiger partial charge >= 0.3 is 12.0 Å². The monoisotopic (exact) mass is 312 g/mol. The lowest BCUT2D eigenvalue weighted by atomic mass is 10.1. The summed E-state index contributed by atoms with van der Waals surface area (Å²) in [6.45, 7) is 8.91. The number of hydrogen-bond donors (Lipinski definition) is 2. The molecule has 0 atom stereocenters. The number of amides is 2. The topological polar surface area (TPSA) is 69.6 Å². The van der Waals surface area contributed by atoms with Crippen LogP contribution in [0.1, 0.15) is 50.9 Å². The zero-order valence-corrected chi connectivity index (χ0v) is 13.9. The lowest BCUT2D eigenvalue weighted by Gasteiger charge is -2.32. The number of carbonyl (C=O) groups excluding carboxylic acids is 1. The van der Waals surface area contributed by atoms with Crippen LogP contribution >= 0.6 is 11.3 Å². The van der Waals surface area contributed by atoms with E-state index < -0.39 is 5.97 Å². The molecule has 0 aliphatic carbocycles. The van der Waals surface area contributed by atoms with Gasteiger partial charge < -0.3 is 10.0 Å². The third-order valence-electron chi connectivity index (χ3n) is 3.32.